The highest BCUT2D eigenvalue weighted by Crippen LogP contribution is 2.18. The van der Waals surface area contributed by atoms with E-state index in [4.69, 9.17) is 9.15 Å². The Labute approximate surface area is 154 Å². The molecule has 1 unspecified atom stereocenters. The van der Waals surface area contributed by atoms with Crippen molar-refractivity contribution in [2.24, 2.45) is 0 Å². The summed E-state index contributed by atoms with van der Waals surface area (Å²) in [6, 6.07) is 11.3. The van der Waals surface area contributed by atoms with Gasteiger partial charge in [0.1, 0.15) is 12.0 Å². The third kappa shape index (κ3) is 4.94. The average molecular weight is 358 g/mol. The van der Waals surface area contributed by atoms with E-state index in [0.29, 0.717) is 25.1 Å². The number of morpholine rings is 1. The number of carbonyl (C=O) groups excluding carboxylic acids is 1. The summed E-state index contributed by atoms with van der Waals surface area (Å²) in [5.41, 5.74) is 1.41. The maximum Gasteiger partial charge on any atom is 0.256 e. The highest BCUT2D eigenvalue weighted by molar-refractivity contribution is 5.93. The van der Waals surface area contributed by atoms with Crippen LogP contribution in [0.25, 0.3) is 0 Å². The van der Waals surface area contributed by atoms with Crippen molar-refractivity contribution in [1.82, 2.24) is 9.80 Å². The van der Waals surface area contributed by atoms with Crippen LogP contribution < -0.4 is 0 Å². The molecule has 1 atom stereocenters. The highest BCUT2D eigenvalue weighted by Gasteiger charge is 2.18. The van der Waals surface area contributed by atoms with Crippen LogP contribution in [0, 0.1) is 0 Å². The van der Waals surface area contributed by atoms with Gasteiger partial charge in [0, 0.05) is 26.7 Å². The monoisotopic (exact) mass is 358 g/mol. The molecule has 1 aliphatic heterocycles. The largest absolute Gasteiger partial charge is 0.467 e. The summed E-state index contributed by atoms with van der Waals surface area (Å²) in [7, 11) is 1.74. The van der Waals surface area contributed by atoms with E-state index in [-0.39, 0.29) is 5.91 Å². The van der Waals surface area contributed by atoms with Gasteiger partial charge < -0.3 is 19.2 Å². The molecule has 2 heterocycles. The second-order valence-electron chi connectivity index (χ2n) is 6.63. The fourth-order valence-corrected chi connectivity index (χ4v) is 3.04. The van der Waals surface area contributed by atoms with Gasteiger partial charge in [0.05, 0.1) is 31.4 Å². The Hall–Kier alpha value is -2.15. The molecule has 1 N–H and O–H groups in total. The number of ether oxygens (including phenoxy) is 1. The number of carbonyl (C=O) groups is 1. The van der Waals surface area contributed by atoms with E-state index in [0.717, 1.165) is 37.6 Å². The molecule has 1 saturated heterocycles. The number of furan rings is 1. The third-order valence-corrected chi connectivity index (χ3v) is 4.65. The van der Waals surface area contributed by atoms with Crippen molar-refractivity contribution in [3.05, 3.63) is 59.5 Å². The Morgan fingerprint density at radius 3 is 2.73 bits per heavy atom. The maximum absolute atomic E-state index is 12.5. The van der Waals surface area contributed by atoms with Gasteiger partial charge in [-0.25, -0.2) is 0 Å². The smallest absolute Gasteiger partial charge is 0.256 e. The SMILES string of the molecule is CN(CCC(O)c1ccccc1)C(=O)c1coc(CN2CCOCC2)c1. The van der Waals surface area contributed by atoms with Crippen molar-refractivity contribution in [2.45, 2.75) is 19.1 Å². The van der Waals surface area contributed by atoms with E-state index >= 15 is 0 Å². The quantitative estimate of drug-likeness (QED) is 0.823. The van der Waals surface area contributed by atoms with E-state index in [1.165, 1.54) is 6.26 Å². The minimum atomic E-state index is -0.576. The molecule has 1 amide bonds. The molecule has 0 radical (unpaired) electrons. The summed E-state index contributed by atoms with van der Waals surface area (Å²) < 4.78 is 10.9. The van der Waals surface area contributed by atoms with Gasteiger partial charge in [0.25, 0.3) is 5.91 Å². The van der Waals surface area contributed by atoms with Gasteiger partial charge in [-0.15, -0.1) is 0 Å². The summed E-state index contributed by atoms with van der Waals surface area (Å²) in [6.45, 7) is 4.38. The lowest BCUT2D eigenvalue weighted by Gasteiger charge is -2.25. The second-order valence-corrected chi connectivity index (χ2v) is 6.63. The van der Waals surface area contributed by atoms with Gasteiger partial charge in [0.15, 0.2) is 0 Å². The zero-order chi connectivity index (χ0) is 18.4. The normalized spacial score (nSPS) is 16.4. The fourth-order valence-electron chi connectivity index (χ4n) is 3.04. The van der Waals surface area contributed by atoms with Crippen LogP contribution >= 0.6 is 0 Å². The van der Waals surface area contributed by atoms with Gasteiger partial charge in [-0.05, 0) is 18.1 Å². The molecule has 6 nitrogen and oxygen atoms in total. The molecule has 0 bridgehead atoms. The molecular formula is C20H26N2O4. The standard InChI is InChI=1S/C20H26N2O4/c1-21(8-7-19(23)16-5-3-2-4-6-16)20(24)17-13-18(26-15-17)14-22-9-11-25-12-10-22/h2-6,13,15,19,23H,7-12,14H2,1H3. The Morgan fingerprint density at radius 2 is 2.00 bits per heavy atom. The maximum atomic E-state index is 12.5. The molecule has 140 valence electrons. The first-order valence-corrected chi connectivity index (χ1v) is 8.99. The molecule has 3 rings (SSSR count). The minimum absolute atomic E-state index is 0.0951. The molecule has 2 aromatic rings. The molecule has 1 aliphatic rings. The summed E-state index contributed by atoms with van der Waals surface area (Å²) in [5, 5.41) is 10.2. The summed E-state index contributed by atoms with van der Waals surface area (Å²) in [5.74, 6) is 0.690. The first-order valence-electron chi connectivity index (χ1n) is 8.99. The molecule has 26 heavy (non-hydrogen) atoms. The second kappa shape index (κ2) is 8.98. The zero-order valence-corrected chi connectivity index (χ0v) is 15.1. The number of nitrogens with zero attached hydrogens (tertiary/aromatic N) is 2. The number of hydrogen-bond acceptors (Lipinski definition) is 5. The lowest BCUT2D eigenvalue weighted by molar-refractivity contribution is 0.0313. The third-order valence-electron chi connectivity index (χ3n) is 4.65. The number of hydrogen-bond donors (Lipinski definition) is 1. The highest BCUT2D eigenvalue weighted by atomic mass is 16.5. The first-order chi connectivity index (χ1) is 12.6. The molecule has 6 heteroatoms. The number of amides is 1. The zero-order valence-electron chi connectivity index (χ0n) is 15.1. The lowest BCUT2D eigenvalue weighted by atomic mass is 10.1. The topological polar surface area (TPSA) is 66.2 Å². The van der Waals surface area contributed by atoms with Gasteiger partial charge >= 0.3 is 0 Å². The van der Waals surface area contributed by atoms with Crippen molar-refractivity contribution in [3.8, 4) is 0 Å². The van der Waals surface area contributed by atoms with Crippen molar-refractivity contribution >= 4 is 5.91 Å². The summed E-state index contributed by atoms with van der Waals surface area (Å²) in [4.78, 5) is 16.4. The fraction of sp³-hybridized carbons (Fsp3) is 0.450. The van der Waals surface area contributed by atoms with Gasteiger partial charge in [-0.1, -0.05) is 30.3 Å². The predicted octanol–water partition coefficient (Wildman–Crippen LogP) is 2.31. The van der Waals surface area contributed by atoms with E-state index in [1.54, 1.807) is 11.9 Å². The van der Waals surface area contributed by atoms with Gasteiger partial charge in [0.2, 0.25) is 0 Å². The van der Waals surface area contributed by atoms with E-state index in [2.05, 4.69) is 4.90 Å². The summed E-state index contributed by atoms with van der Waals surface area (Å²) in [6.07, 6.45) is 1.43. The Kier molecular flexibility index (Phi) is 6.44. The van der Waals surface area contributed by atoms with Crippen LogP contribution in [0.3, 0.4) is 0 Å². The van der Waals surface area contributed by atoms with Crippen LogP contribution in [0.2, 0.25) is 0 Å². The molecular weight excluding hydrogens is 332 g/mol. The van der Waals surface area contributed by atoms with Gasteiger partial charge in [-0.2, -0.15) is 0 Å². The van der Waals surface area contributed by atoms with E-state index < -0.39 is 6.10 Å². The van der Waals surface area contributed by atoms with Crippen LogP contribution in [0.4, 0.5) is 0 Å². The van der Waals surface area contributed by atoms with E-state index in [9.17, 15) is 9.90 Å². The molecule has 0 saturated carbocycles. The van der Waals surface area contributed by atoms with Crippen LogP contribution in [-0.4, -0.2) is 60.7 Å². The van der Waals surface area contributed by atoms with Crippen molar-refractivity contribution in [1.29, 1.82) is 0 Å². The van der Waals surface area contributed by atoms with Crippen molar-refractivity contribution < 1.29 is 19.1 Å². The number of benzene rings is 1. The van der Waals surface area contributed by atoms with Crippen LogP contribution in [0.15, 0.2) is 47.1 Å². The molecule has 1 fully saturated rings. The molecule has 1 aromatic heterocycles. The summed E-state index contributed by atoms with van der Waals surface area (Å²) >= 11 is 0. The Balaban J connectivity index is 1.50. The number of aliphatic hydroxyl groups is 1. The van der Waals surface area contributed by atoms with Crippen molar-refractivity contribution in [2.75, 3.05) is 39.9 Å². The Bertz CT molecular complexity index is 695. The van der Waals surface area contributed by atoms with Crippen molar-refractivity contribution in [3.63, 3.8) is 0 Å². The molecule has 0 aliphatic carbocycles. The Morgan fingerprint density at radius 1 is 1.27 bits per heavy atom. The predicted molar refractivity (Wildman–Crippen MR) is 97.8 cm³/mol. The first kappa shape index (κ1) is 18.6. The lowest BCUT2D eigenvalue weighted by Crippen LogP contribution is -2.35. The van der Waals surface area contributed by atoms with Gasteiger partial charge in [-0.3, -0.25) is 9.69 Å². The van der Waals surface area contributed by atoms with E-state index in [1.807, 2.05) is 36.4 Å². The average Bonchev–Trinajstić information content (AvgIpc) is 3.15. The minimum Gasteiger partial charge on any atom is -0.467 e. The number of rotatable bonds is 7. The van der Waals surface area contributed by atoms with Crippen LogP contribution in [0.1, 0.15) is 34.2 Å². The number of aliphatic hydroxyl groups excluding tert-OH is 1. The molecule has 1 aromatic carbocycles. The van der Waals surface area contributed by atoms with Crippen LogP contribution in [-0.2, 0) is 11.3 Å². The molecule has 0 spiro atoms. The van der Waals surface area contributed by atoms with Crippen LogP contribution in [0.5, 0.6) is 0 Å².